The van der Waals surface area contributed by atoms with Crippen LogP contribution in [0.25, 0.3) is 33.5 Å². The Morgan fingerprint density at radius 3 is 2.77 bits per heavy atom. The van der Waals surface area contributed by atoms with Crippen molar-refractivity contribution in [2.75, 3.05) is 5.32 Å². The number of aryl methyl sites for hydroxylation is 1. The Kier molecular flexibility index (Phi) is 4.13. The predicted molar refractivity (Wildman–Crippen MR) is 109 cm³/mol. The van der Waals surface area contributed by atoms with E-state index in [0.717, 1.165) is 5.39 Å². The minimum absolute atomic E-state index is 0.120. The van der Waals surface area contributed by atoms with E-state index >= 15 is 0 Å². The molecular formula is C21H15N5O4. The first-order valence-electron chi connectivity index (χ1n) is 9.16. The number of benzene rings is 2. The summed E-state index contributed by atoms with van der Waals surface area (Å²) in [6.45, 7) is 1.46. The lowest BCUT2D eigenvalue weighted by Gasteiger charge is -2.09. The van der Waals surface area contributed by atoms with Crippen LogP contribution in [0, 0.1) is 6.92 Å². The molecule has 0 atom stereocenters. The number of amides is 1. The Morgan fingerprint density at radius 1 is 1.13 bits per heavy atom. The van der Waals surface area contributed by atoms with Gasteiger partial charge in [-0.15, -0.1) is 0 Å². The Morgan fingerprint density at radius 2 is 1.93 bits per heavy atom. The van der Waals surface area contributed by atoms with Crippen molar-refractivity contribution in [2.45, 2.75) is 13.5 Å². The summed E-state index contributed by atoms with van der Waals surface area (Å²) in [5.41, 5.74) is 1.87. The molecule has 3 aromatic heterocycles. The second-order valence-corrected chi connectivity index (χ2v) is 6.68. The molecule has 0 saturated carbocycles. The second-order valence-electron chi connectivity index (χ2n) is 6.68. The van der Waals surface area contributed by atoms with Crippen LogP contribution in [-0.2, 0) is 11.3 Å². The quantitative estimate of drug-likeness (QED) is 0.492. The van der Waals surface area contributed by atoms with Crippen LogP contribution in [0.1, 0.15) is 5.89 Å². The molecule has 1 N–H and O–H groups in total. The highest BCUT2D eigenvalue weighted by Gasteiger charge is 2.16. The van der Waals surface area contributed by atoms with Gasteiger partial charge in [0.15, 0.2) is 0 Å². The summed E-state index contributed by atoms with van der Waals surface area (Å²) in [5.74, 6) is 0.385. The first-order chi connectivity index (χ1) is 14.6. The minimum Gasteiger partial charge on any atom is -0.448 e. The number of anilines is 1. The summed E-state index contributed by atoms with van der Waals surface area (Å²) in [6.07, 6.45) is 1.35. The van der Waals surface area contributed by atoms with Gasteiger partial charge in [-0.1, -0.05) is 29.4 Å². The van der Waals surface area contributed by atoms with Crippen LogP contribution in [0.4, 0.5) is 5.69 Å². The molecule has 5 rings (SSSR count). The van der Waals surface area contributed by atoms with E-state index in [4.69, 9.17) is 8.94 Å². The molecular weight excluding hydrogens is 386 g/mol. The lowest BCUT2D eigenvalue weighted by atomic mass is 10.1. The zero-order chi connectivity index (χ0) is 20.7. The fourth-order valence-electron chi connectivity index (χ4n) is 3.27. The van der Waals surface area contributed by atoms with E-state index in [0.29, 0.717) is 34.1 Å². The topological polar surface area (TPSA) is 116 Å². The molecule has 0 spiro atoms. The summed E-state index contributed by atoms with van der Waals surface area (Å²) < 4.78 is 11.9. The van der Waals surface area contributed by atoms with Crippen LogP contribution in [-0.4, -0.2) is 25.6 Å². The van der Waals surface area contributed by atoms with E-state index in [1.807, 2.05) is 18.2 Å². The Labute approximate surface area is 169 Å². The van der Waals surface area contributed by atoms with Gasteiger partial charge in [0.1, 0.15) is 17.6 Å². The van der Waals surface area contributed by atoms with Crippen LogP contribution in [0.15, 0.2) is 68.6 Å². The number of nitrogens with one attached hydrogen (secondary N) is 1. The van der Waals surface area contributed by atoms with Crippen LogP contribution < -0.4 is 10.9 Å². The maximum absolute atomic E-state index is 12.8. The highest BCUT2D eigenvalue weighted by atomic mass is 16.5. The first-order valence-corrected chi connectivity index (χ1v) is 9.16. The molecule has 5 aromatic rings. The van der Waals surface area contributed by atoms with Gasteiger partial charge >= 0.3 is 0 Å². The molecule has 30 heavy (non-hydrogen) atoms. The summed E-state index contributed by atoms with van der Waals surface area (Å²) in [6, 6.07) is 14.3. The molecule has 0 aliphatic carbocycles. The molecule has 2 aromatic carbocycles. The number of hydrogen-bond acceptors (Lipinski definition) is 7. The van der Waals surface area contributed by atoms with Gasteiger partial charge in [0.25, 0.3) is 5.56 Å². The highest BCUT2D eigenvalue weighted by Crippen LogP contribution is 2.26. The fraction of sp³-hybridized carbons (Fsp3) is 0.0952. The summed E-state index contributed by atoms with van der Waals surface area (Å²) in [7, 11) is 0. The third kappa shape index (κ3) is 3.02. The molecule has 1 amide bonds. The van der Waals surface area contributed by atoms with E-state index in [9.17, 15) is 9.59 Å². The lowest BCUT2D eigenvalue weighted by Crippen LogP contribution is -2.27. The van der Waals surface area contributed by atoms with Crippen molar-refractivity contribution in [1.82, 2.24) is 19.7 Å². The van der Waals surface area contributed by atoms with E-state index in [-0.39, 0.29) is 12.1 Å². The molecule has 0 saturated heterocycles. The van der Waals surface area contributed by atoms with Crippen LogP contribution in [0.5, 0.6) is 0 Å². The normalized spacial score (nSPS) is 11.2. The molecule has 0 radical (unpaired) electrons. The van der Waals surface area contributed by atoms with Gasteiger partial charge in [0, 0.05) is 17.9 Å². The zero-order valence-electron chi connectivity index (χ0n) is 15.8. The van der Waals surface area contributed by atoms with E-state index in [2.05, 4.69) is 20.4 Å². The molecule has 0 fully saturated rings. The third-order valence-electron chi connectivity index (χ3n) is 4.63. The molecule has 3 heterocycles. The SMILES string of the molecule is Cc1nc(-c2ccccc2NC(=O)Cn2cnc3c(oc4ccccc43)c2=O)no1. The Balaban J connectivity index is 1.44. The van der Waals surface area contributed by atoms with Gasteiger partial charge in [-0.25, -0.2) is 4.98 Å². The molecule has 0 aliphatic rings. The van der Waals surface area contributed by atoms with Gasteiger partial charge < -0.3 is 14.3 Å². The van der Waals surface area contributed by atoms with Crippen molar-refractivity contribution in [3.05, 3.63) is 71.1 Å². The number of rotatable bonds is 4. The number of hydrogen-bond donors (Lipinski definition) is 1. The largest absolute Gasteiger partial charge is 0.448 e. The maximum Gasteiger partial charge on any atom is 0.297 e. The number of furan rings is 1. The maximum atomic E-state index is 12.8. The number of aromatic nitrogens is 4. The van der Waals surface area contributed by atoms with Crippen LogP contribution >= 0.6 is 0 Å². The Hall–Kier alpha value is -4.27. The molecule has 9 heteroatoms. The number of fused-ring (bicyclic) bond motifs is 3. The van der Waals surface area contributed by atoms with Crippen LogP contribution in [0.2, 0.25) is 0 Å². The van der Waals surface area contributed by atoms with Crippen molar-refractivity contribution in [3.63, 3.8) is 0 Å². The molecule has 148 valence electrons. The number of carbonyl (C=O) groups is 1. The lowest BCUT2D eigenvalue weighted by molar-refractivity contribution is -0.116. The standard InChI is InChI=1S/C21H15N5O4/c1-12-23-20(25-30-12)13-6-2-4-8-15(13)24-17(27)10-26-11-22-18-14-7-3-5-9-16(14)29-19(18)21(26)28/h2-9,11H,10H2,1H3,(H,24,27). The number of nitrogens with zero attached hydrogens (tertiary/aromatic N) is 4. The second kappa shape index (κ2) is 6.96. The summed E-state index contributed by atoms with van der Waals surface area (Å²) >= 11 is 0. The van der Waals surface area contributed by atoms with E-state index in [1.165, 1.54) is 10.9 Å². The van der Waals surface area contributed by atoms with Crippen molar-refractivity contribution in [1.29, 1.82) is 0 Å². The predicted octanol–water partition coefficient (Wildman–Crippen LogP) is 3.14. The smallest absolute Gasteiger partial charge is 0.297 e. The van der Waals surface area contributed by atoms with Gasteiger partial charge in [-0.2, -0.15) is 4.98 Å². The number of para-hydroxylation sites is 2. The zero-order valence-corrected chi connectivity index (χ0v) is 15.8. The molecule has 0 aliphatic heterocycles. The van der Waals surface area contributed by atoms with E-state index < -0.39 is 11.5 Å². The van der Waals surface area contributed by atoms with Crippen molar-refractivity contribution in [3.8, 4) is 11.4 Å². The van der Waals surface area contributed by atoms with Crippen molar-refractivity contribution >= 4 is 33.7 Å². The molecule has 9 nitrogen and oxygen atoms in total. The fourth-order valence-corrected chi connectivity index (χ4v) is 3.27. The van der Waals surface area contributed by atoms with Gasteiger partial charge in [0.05, 0.1) is 12.0 Å². The van der Waals surface area contributed by atoms with Crippen molar-refractivity contribution in [2.24, 2.45) is 0 Å². The van der Waals surface area contributed by atoms with Gasteiger partial charge in [0.2, 0.25) is 23.2 Å². The monoisotopic (exact) mass is 401 g/mol. The van der Waals surface area contributed by atoms with Crippen molar-refractivity contribution < 1.29 is 13.7 Å². The summed E-state index contributed by atoms with van der Waals surface area (Å²) in [4.78, 5) is 33.9. The van der Waals surface area contributed by atoms with E-state index in [1.54, 1.807) is 37.3 Å². The first kappa shape index (κ1) is 17.8. The average molecular weight is 401 g/mol. The molecule has 0 unspecified atom stereocenters. The number of carbonyl (C=O) groups excluding carboxylic acids is 1. The van der Waals surface area contributed by atoms with Gasteiger partial charge in [-0.05, 0) is 24.3 Å². The van der Waals surface area contributed by atoms with Crippen LogP contribution in [0.3, 0.4) is 0 Å². The highest BCUT2D eigenvalue weighted by molar-refractivity contribution is 6.02. The minimum atomic E-state index is -0.423. The summed E-state index contributed by atoms with van der Waals surface area (Å²) in [5, 5.41) is 7.44. The average Bonchev–Trinajstić information content (AvgIpc) is 3.34. The Bertz CT molecular complexity index is 1460. The van der Waals surface area contributed by atoms with Gasteiger partial charge in [-0.3, -0.25) is 14.2 Å². The third-order valence-corrected chi connectivity index (χ3v) is 4.63. The molecule has 0 bridgehead atoms.